The summed E-state index contributed by atoms with van der Waals surface area (Å²) in [5.41, 5.74) is 5.60. The first-order chi connectivity index (χ1) is 12.5. The van der Waals surface area contributed by atoms with Crippen molar-refractivity contribution in [1.29, 1.82) is 0 Å². The van der Waals surface area contributed by atoms with Crippen LogP contribution in [0.1, 0.15) is 22.5 Å². The average Bonchev–Trinajstić information content (AvgIpc) is 2.90. The molecule has 6 heteroatoms. The first-order valence-corrected chi connectivity index (χ1v) is 9.93. The second kappa shape index (κ2) is 8.37. The van der Waals surface area contributed by atoms with Crippen molar-refractivity contribution in [2.45, 2.75) is 26.9 Å². The summed E-state index contributed by atoms with van der Waals surface area (Å²) in [6.07, 6.45) is 0. The van der Waals surface area contributed by atoms with Gasteiger partial charge < -0.3 is 10.1 Å². The van der Waals surface area contributed by atoms with Crippen LogP contribution in [-0.2, 0) is 13.1 Å². The lowest BCUT2D eigenvalue weighted by atomic mass is 10.1. The minimum absolute atomic E-state index is 0.705. The summed E-state index contributed by atoms with van der Waals surface area (Å²) in [5, 5.41) is 8.22. The highest BCUT2D eigenvalue weighted by Gasteiger charge is 2.13. The van der Waals surface area contributed by atoms with Crippen molar-refractivity contribution in [2.75, 3.05) is 7.11 Å². The van der Waals surface area contributed by atoms with E-state index in [2.05, 4.69) is 69.2 Å². The monoisotopic (exact) mass is 477 g/mol. The topological polar surface area (TPSA) is 39.1 Å². The molecule has 0 fully saturated rings. The van der Waals surface area contributed by atoms with Crippen LogP contribution in [0.15, 0.2) is 51.4 Å². The number of aromatic nitrogens is 2. The van der Waals surface area contributed by atoms with E-state index in [-0.39, 0.29) is 0 Å². The van der Waals surface area contributed by atoms with Gasteiger partial charge in [0.05, 0.1) is 23.0 Å². The van der Waals surface area contributed by atoms with E-state index in [0.717, 1.165) is 43.9 Å². The lowest BCUT2D eigenvalue weighted by Gasteiger charge is -2.12. The Morgan fingerprint density at radius 1 is 1.08 bits per heavy atom. The number of benzene rings is 2. The van der Waals surface area contributed by atoms with Crippen molar-refractivity contribution in [3.63, 3.8) is 0 Å². The van der Waals surface area contributed by atoms with Gasteiger partial charge in [-0.2, -0.15) is 5.10 Å². The summed E-state index contributed by atoms with van der Waals surface area (Å²) in [4.78, 5) is 0. The normalized spacial score (nSPS) is 11.0. The third-order valence-corrected chi connectivity index (χ3v) is 5.40. The predicted octanol–water partition coefficient (Wildman–Crippen LogP) is 5.31. The van der Waals surface area contributed by atoms with Crippen LogP contribution in [0.3, 0.4) is 0 Å². The zero-order valence-corrected chi connectivity index (χ0v) is 18.2. The number of aryl methyl sites for hydroxylation is 1. The van der Waals surface area contributed by atoms with E-state index in [1.54, 1.807) is 7.11 Å². The Hall–Kier alpha value is -1.63. The molecule has 0 spiro atoms. The number of hydrogen-bond acceptors (Lipinski definition) is 3. The molecular formula is C20H21Br2N3O. The largest absolute Gasteiger partial charge is 0.495 e. The van der Waals surface area contributed by atoms with Crippen LogP contribution < -0.4 is 10.1 Å². The molecule has 26 heavy (non-hydrogen) atoms. The molecule has 0 bridgehead atoms. The summed E-state index contributed by atoms with van der Waals surface area (Å²) >= 11 is 7.09. The van der Waals surface area contributed by atoms with Crippen LogP contribution in [0.2, 0.25) is 0 Å². The number of rotatable bonds is 6. The van der Waals surface area contributed by atoms with Crippen molar-refractivity contribution in [3.8, 4) is 11.4 Å². The fourth-order valence-electron chi connectivity index (χ4n) is 3.05. The molecule has 3 aromatic rings. The number of halogens is 2. The third kappa shape index (κ3) is 4.03. The van der Waals surface area contributed by atoms with Crippen molar-refractivity contribution in [2.24, 2.45) is 0 Å². The van der Waals surface area contributed by atoms with Crippen LogP contribution >= 0.6 is 31.9 Å². The van der Waals surface area contributed by atoms with Gasteiger partial charge in [0.2, 0.25) is 0 Å². The highest BCUT2D eigenvalue weighted by molar-refractivity contribution is 9.11. The number of nitrogens with zero attached hydrogens (tertiary/aromatic N) is 2. The lowest BCUT2D eigenvalue weighted by molar-refractivity contribution is 0.405. The van der Waals surface area contributed by atoms with Crippen molar-refractivity contribution in [1.82, 2.24) is 15.1 Å². The van der Waals surface area contributed by atoms with Gasteiger partial charge in [0.15, 0.2) is 0 Å². The summed E-state index contributed by atoms with van der Waals surface area (Å²) in [7, 11) is 1.69. The Balaban J connectivity index is 1.77. The standard InChI is InChI=1S/C20H21Br2N3O/c1-13-18(14(2)25(24-13)17-7-5-4-6-8-17)12-23-11-15-9-16(21)10-19(22)20(15)26-3/h4-10,23H,11-12H2,1-3H3. The molecule has 0 aliphatic carbocycles. The van der Waals surface area contributed by atoms with Gasteiger partial charge in [0.25, 0.3) is 0 Å². The summed E-state index contributed by atoms with van der Waals surface area (Å²) in [5.74, 6) is 0.856. The Morgan fingerprint density at radius 3 is 2.50 bits per heavy atom. The van der Waals surface area contributed by atoms with Crippen LogP contribution in [0, 0.1) is 13.8 Å². The smallest absolute Gasteiger partial charge is 0.137 e. The average molecular weight is 479 g/mol. The molecule has 2 aromatic carbocycles. The molecule has 1 N–H and O–H groups in total. The predicted molar refractivity (Wildman–Crippen MR) is 112 cm³/mol. The Kier molecular flexibility index (Phi) is 6.16. The Labute approximate surface area is 170 Å². The van der Waals surface area contributed by atoms with Gasteiger partial charge >= 0.3 is 0 Å². The SMILES string of the molecule is COc1c(Br)cc(Br)cc1CNCc1c(C)nn(-c2ccccc2)c1C. The van der Waals surface area contributed by atoms with Gasteiger partial charge in [-0.05, 0) is 54.0 Å². The van der Waals surface area contributed by atoms with Gasteiger partial charge in [-0.3, -0.25) is 0 Å². The zero-order chi connectivity index (χ0) is 18.7. The van der Waals surface area contributed by atoms with Gasteiger partial charge in [0, 0.05) is 34.4 Å². The molecular weight excluding hydrogens is 458 g/mol. The number of hydrogen-bond donors (Lipinski definition) is 1. The van der Waals surface area contributed by atoms with E-state index < -0.39 is 0 Å². The maximum absolute atomic E-state index is 5.52. The fraction of sp³-hybridized carbons (Fsp3) is 0.250. The second-order valence-electron chi connectivity index (χ2n) is 6.08. The van der Waals surface area contributed by atoms with Gasteiger partial charge in [-0.1, -0.05) is 34.1 Å². The van der Waals surface area contributed by atoms with Crippen molar-refractivity contribution < 1.29 is 4.74 Å². The van der Waals surface area contributed by atoms with E-state index in [1.165, 1.54) is 5.56 Å². The molecule has 0 radical (unpaired) electrons. The summed E-state index contributed by atoms with van der Waals surface area (Å²) < 4.78 is 9.48. The number of para-hydroxylation sites is 1. The molecule has 1 aromatic heterocycles. The Bertz CT molecular complexity index is 907. The Morgan fingerprint density at radius 2 is 1.81 bits per heavy atom. The van der Waals surface area contributed by atoms with E-state index in [1.807, 2.05) is 28.9 Å². The van der Waals surface area contributed by atoms with Crippen LogP contribution in [0.4, 0.5) is 0 Å². The van der Waals surface area contributed by atoms with Gasteiger partial charge in [-0.15, -0.1) is 0 Å². The molecule has 0 saturated heterocycles. The summed E-state index contributed by atoms with van der Waals surface area (Å²) in [6, 6.07) is 14.3. The van der Waals surface area contributed by atoms with E-state index in [4.69, 9.17) is 9.84 Å². The van der Waals surface area contributed by atoms with Gasteiger partial charge in [-0.25, -0.2) is 4.68 Å². The van der Waals surface area contributed by atoms with Gasteiger partial charge in [0.1, 0.15) is 5.75 Å². The lowest BCUT2D eigenvalue weighted by Crippen LogP contribution is -2.15. The van der Waals surface area contributed by atoms with Crippen molar-refractivity contribution in [3.05, 3.63) is 73.9 Å². The van der Waals surface area contributed by atoms with Crippen molar-refractivity contribution >= 4 is 31.9 Å². The molecule has 0 unspecified atom stereocenters. The minimum Gasteiger partial charge on any atom is -0.495 e. The fourth-order valence-corrected chi connectivity index (χ4v) is 4.52. The molecule has 1 heterocycles. The first kappa shape index (κ1) is 19.1. The number of nitrogens with one attached hydrogen (secondary N) is 1. The summed E-state index contributed by atoms with van der Waals surface area (Å²) in [6.45, 7) is 5.62. The van der Waals surface area contributed by atoms with Crippen LogP contribution in [0.25, 0.3) is 5.69 Å². The molecule has 136 valence electrons. The van der Waals surface area contributed by atoms with E-state index >= 15 is 0 Å². The molecule has 0 amide bonds. The third-order valence-electron chi connectivity index (χ3n) is 4.35. The molecule has 0 aliphatic heterocycles. The maximum atomic E-state index is 5.52. The molecule has 0 atom stereocenters. The molecule has 0 saturated carbocycles. The minimum atomic E-state index is 0.705. The number of ether oxygens (including phenoxy) is 1. The van der Waals surface area contributed by atoms with E-state index in [9.17, 15) is 0 Å². The quantitative estimate of drug-likeness (QED) is 0.521. The number of methoxy groups -OCH3 is 1. The molecule has 4 nitrogen and oxygen atoms in total. The maximum Gasteiger partial charge on any atom is 0.137 e. The molecule has 0 aliphatic rings. The molecule has 3 rings (SSSR count). The van der Waals surface area contributed by atoms with Crippen LogP contribution in [-0.4, -0.2) is 16.9 Å². The van der Waals surface area contributed by atoms with Crippen LogP contribution in [0.5, 0.6) is 5.75 Å². The van der Waals surface area contributed by atoms with E-state index in [0.29, 0.717) is 6.54 Å². The zero-order valence-electron chi connectivity index (χ0n) is 15.0. The first-order valence-electron chi connectivity index (χ1n) is 8.34. The highest BCUT2D eigenvalue weighted by atomic mass is 79.9. The second-order valence-corrected chi connectivity index (χ2v) is 7.85. The highest BCUT2D eigenvalue weighted by Crippen LogP contribution is 2.32.